The van der Waals surface area contributed by atoms with Crippen molar-refractivity contribution in [1.29, 1.82) is 0 Å². The van der Waals surface area contributed by atoms with E-state index in [1.54, 1.807) is 0 Å². The van der Waals surface area contributed by atoms with Crippen molar-refractivity contribution in [3.05, 3.63) is 0 Å². The normalized spacial score (nSPS) is 15.2. The maximum absolute atomic E-state index is 12.5. The molecule has 0 fully saturated rings. The number of hydrogen-bond acceptors (Lipinski definition) is 10. The van der Waals surface area contributed by atoms with E-state index >= 15 is 0 Å². The van der Waals surface area contributed by atoms with Gasteiger partial charge >= 0.3 is 27.6 Å². The highest BCUT2D eigenvalue weighted by molar-refractivity contribution is 7.47. The standard InChI is InChI=1S/C33H66O13P2/c1-5-29(4)21-17-13-8-6-7-9-15-19-23-33(36)46-31(26-42-32(35)22-18-14-11-10-12-16-20-28(2)3)27-45-48(40,41)44-25-30(34)24-43-47(37,38)39/h28-31,34H,5-27H2,1-4H3,(H,40,41)(H2,37,38,39)/t29?,30-,31+/m0/s1. The monoisotopic (exact) mass is 732 g/mol. The molecule has 0 rings (SSSR count). The Morgan fingerprint density at radius 1 is 0.604 bits per heavy atom. The molecule has 4 atom stereocenters. The van der Waals surface area contributed by atoms with Crippen LogP contribution in [0.1, 0.15) is 150 Å². The molecule has 4 N–H and O–H groups in total. The van der Waals surface area contributed by atoms with Crippen LogP contribution in [0.4, 0.5) is 0 Å². The van der Waals surface area contributed by atoms with Crippen molar-refractivity contribution in [2.75, 3.05) is 26.4 Å². The molecule has 0 aliphatic carbocycles. The van der Waals surface area contributed by atoms with E-state index in [2.05, 4.69) is 36.7 Å². The zero-order valence-electron chi connectivity index (χ0n) is 29.9. The fourth-order valence-corrected chi connectivity index (χ4v) is 5.96. The molecule has 286 valence electrons. The second kappa shape index (κ2) is 28.8. The van der Waals surface area contributed by atoms with Gasteiger partial charge in [0.05, 0.1) is 19.8 Å². The van der Waals surface area contributed by atoms with Crippen molar-refractivity contribution in [2.24, 2.45) is 11.8 Å². The summed E-state index contributed by atoms with van der Waals surface area (Å²) in [6, 6.07) is 0. The van der Waals surface area contributed by atoms with Crippen LogP contribution >= 0.6 is 15.6 Å². The third kappa shape index (κ3) is 32.3. The summed E-state index contributed by atoms with van der Waals surface area (Å²) in [5.74, 6) is 0.459. The van der Waals surface area contributed by atoms with E-state index in [1.807, 2.05) is 0 Å². The van der Waals surface area contributed by atoms with Gasteiger partial charge < -0.3 is 29.3 Å². The molecule has 13 nitrogen and oxygen atoms in total. The van der Waals surface area contributed by atoms with Gasteiger partial charge in [0.1, 0.15) is 12.7 Å². The molecule has 0 bridgehead atoms. The minimum absolute atomic E-state index is 0.134. The Morgan fingerprint density at radius 2 is 1.06 bits per heavy atom. The Hall–Kier alpha value is -0.880. The van der Waals surface area contributed by atoms with Crippen LogP contribution in [0.2, 0.25) is 0 Å². The molecule has 48 heavy (non-hydrogen) atoms. The summed E-state index contributed by atoms with van der Waals surface area (Å²) in [4.78, 5) is 52.2. The van der Waals surface area contributed by atoms with Gasteiger partial charge in [0.2, 0.25) is 0 Å². The fourth-order valence-electron chi connectivity index (χ4n) is 4.80. The van der Waals surface area contributed by atoms with E-state index in [4.69, 9.17) is 23.8 Å². The minimum Gasteiger partial charge on any atom is -0.462 e. The molecule has 0 amide bonds. The number of rotatable bonds is 33. The summed E-state index contributed by atoms with van der Waals surface area (Å²) in [6.07, 6.45) is 15.8. The average molecular weight is 733 g/mol. The first-order chi connectivity index (χ1) is 22.6. The van der Waals surface area contributed by atoms with Crippen LogP contribution in [0.25, 0.3) is 0 Å². The smallest absolute Gasteiger partial charge is 0.462 e. The van der Waals surface area contributed by atoms with Gasteiger partial charge in [-0.1, -0.05) is 124 Å². The quantitative estimate of drug-likeness (QED) is 0.0290. The van der Waals surface area contributed by atoms with Crippen molar-refractivity contribution in [3.8, 4) is 0 Å². The Bertz CT molecular complexity index is 912. The molecule has 0 saturated heterocycles. The lowest BCUT2D eigenvalue weighted by atomic mass is 9.99. The number of ether oxygens (including phenoxy) is 2. The van der Waals surface area contributed by atoms with Crippen molar-refractivity contribution in [3.63, 3.8) is 0 Å². The molecule has 0 aliphatic heterocycles. The first-order valence-corrected chi connectivity index (χ1v) is 21.0. The predicted molar refractivity (Wildman–Crippen MR) is 184 cm³/mol. The maximum Gasteiger partial charge on any atom is 0.472 e. The van der Waals surface area contributed by atoms with Gasteiger partial charge in [-0.15, -0.1) is 0 Å². The van der Waals surface area contributed by atoms with E-state index < -0.39 is 59.6 Å². The van der Waals surface area contributed by atoms with Gasteiger partial charge in [-0.05, 0) is 24.7 Å². The molecule has 0 aromatic heterocycles. The number of unbranched alkanes of at least 4 members (excludes halogenated alkanes) is 12. The Balaban J connectivity index is 4.63. The zero-order valence-corrected chi connectivity index (χ0v) is 31.7. The number of esters is 2. The maximum atomic E-state index is 12.5. The van der Waals surface area contributed by atoms with Crippen molar-refractivity contribution >= 4 is 27.6 Å². The highest BCUT2D eigenvalue weighted by Gasteiger charge is 2.28. The average Bonchev–Trinajstić information content (AvgIpc) is 3.01. The van der Waals surface area contributed by atoms with Gasteiger partial charge in [0.15, 0.2) is 6.10 Å². The van der Waals surface area contributed by atoms with E-state index in [9.17, 15) is 28.7 Å². The summed E-state index contributed by atoms with van der Waals surface area (Å²) in [5, 5.41) is 9.68. The minimum atomic E-state index is -4.85. The third-order valence-corrected chi connectivity index (χ3v) is 9.39. The summed E-state index contributed by atoms with van der Waals surface area (Å²) >= 11 is 0. The van der Waals surface area contributed by atoms with Crippen LogP contribution in [-0.4, -0.2) is 70.4 Å². The zero-order chi connectivity index (χ0) is 36.3. The number of phosphoric ester groups is 2. The molecule has 15 heteroatoms. The third-order valence-electron chi connectivity index (χ3n) is 7.95. The molecule has 2 unspecified atom stereocenters. The number of carbonyl (C=O) groups is 2. The van der Waals surface area contributed by atoms with Crippen LogP contribution < -0.4 is 0 Å². The Kier molecular flexibility index (Phi) is 28.2. The number of aliphatic hydroxyl groups excluding tert-OH is 1. The highest BCUT2D eigenvalue weighted by atomic mass is 31.2. The summed E-state index contributed by atoms with van der Waals surface area (Å²) in [7, 11) is -9.64. The Morgan fingerprint density at radius 3 is 1.58 bits per heavy atom. The molecule has 0 saturated carbocycles. The lowest BCUT2D eigenvalue weighted by molar-refractivity contribution is -0.161. The number of aliphatic hydroxyl groups is 1. The summed E-state index contributed by atoms with van der Waals surface area (Å²) in [6.45, 7) is 6.24. The van der Waals surface area contributed by atoms with Crippen LogP contribution in [0.15, 0.2) is 0 Å². The van der Waals surface area contributed by atoms with Gasteiger partial charge in [-0.2, -0.15) is 0 Å². The molecule has 0 spiro atoms. The van der Waals surface area contributed by atoms with Crippen LogP contribution in [-0.2, 0) is 41.8 Å². The van der Waals surface area contributed by atoms with Gasteiger partial charge in [0.25, 0.3) is 0 Å². The van der Waals surface area contributed by atoms with Gasteiger partial charge in [-0.25, -0.2) is 9.13 Å². The van der Waals surface area contributed by atoms with Crippen LogP contribution in [0, 0.1) is 11.8 Å². The number of hydrogen-bond donors (Lipinski definition) is 4. The summed E-state index contributed by atoms with van der Waals surface area (Å²) in [5.41, 5.74) is 0. The SMILES string of the molecule is CCC(C)CCCCCCCCCCC(=O)O[C@H](COC(=O)CCCCCCCCC(C)C)COP(=O)(O)OC[C@@H](O)COP(=O)(O)O. The second-order valence-electron chi connectivity index (χ2n) is 13.2. The molecule has 0 heterocycles. The molecule has 0 aliphatic rings. The largest absolute Gasteiger partial charge is 0.472 e. The van der Waals surface area contributed by atoms with Crippen molar-refractivity contribution in [1.82, 2.24) is 0 Å². The van der Waals surface area contributed by atoms with Gasteiger partial charge in [0, 0.05) is 12.8 Å². The molecular formula is C33H66O13P2. The van der Waals surface area contributed by atoms with Crippen molar-refractivity contribution < 1.29 is 61.6 Å². The first-order valence-electron chi connectivity index (χ1n) is 18.0. The van der Waals surface area contributed by atoms with E-state index in [1.165, 1.54) is 57.8 Å². The molecular weight excluding hydrogens is 666 g/mol. The predicted octanol–water partition coefficient (Wildman–Crippen LogP) is 7.77. The number of carbonyl (C=O) groups excluding carboxylic acids is 2. The molecule has 0 aromatic rings. The first kappa shape index (κ1) is 47.1. The lowest BCUT2D eigenvalue weighted by Crippen LogP contribution is -2.30. The lowest BCUT2D eigenvalue weighted by Gasteiger charge is -2.20. The Labute approximate surface area is 289 Å². The number of phosphoric acid groups is 2. The molecule has 0 radical (unpaired) electrons. The van der Waals surface area contributed by atoms with Gasteiger partial charge in [-0.3, -0.25) is 23.2 Å². The fraction of sp³-hybridized carbons (Fsp3) is 0.939. The topological polar surface area (TPSA) is 195 Å². The van der Waals surface area contributed by atoms with Crippen LogP contribution in [0.3, 0.4) is 0 Å². The highest BCUT2D eigenvalue weighted by Crippen LogP contribution is 2.43. The van der Waals surface area contributed by atoms with E-state index in [0.717, 1.165) is 44.4 Å². The second-order valence-corrected chi connectivity index (χ2v) is 15.9. The van der Waals surface area contributed by atoms with E-state index in [0.29, 0.717) is 18.8 Å². The molecule has 0 aromatic carbocycles. The van der Waals surface area contributed by atoms with E-state index in [-0.39, 0.29) is 19.4 Å². The van der Waals surface area contributed by atoms with Crippen LogP contribution in [0.5, 0.6) is 0 Å². The summed E-state index contributed by atoms with van der Waals surface area (Å²) < 4.78 is 47.4. The van der Waals surface area contributed by atoms with Crippen molar-refractivity contribution in [2.45, 2.75) is 162 Å².